The molecule has 4 nitrogen and oxygen atoms in total. The number of fused-ring (bicyclic) bond motifs is 1. The van der Waals surface area contributed by atoms with Crippen LogP contribution in [0.3, 0.4) is 0 Å². The molecule has 7 heteroatoms. The summed E-state index contributed by atoms with van der Waals surface area (Å²) in [6, 6.07) is 9.38. The first-order valence-electron chi connectivity index (χ1n) is 7.86. The fourth-order valence-electron chi connectivity index (χ4n) is 2.57. The minimum atomic E-state index is -4.45. The normalized spacial score (nSPS) is 11.9. The second-order valence-corrected chi connectivity index (χ2v) is 5.58. The van der Waals surface area contributed by atoms with Crippen molar-refractivity contribution < 1.29 is 23.0 Å². The first-order chi connectivity index (χ1) is 11.9. The van der Waals surface area contributed by atoms with Crippen LogP contribution in [0.4, 0.5) is 13.2 Å². The Labute approximate surface area is 142 Å². The van der Waals surface area contributed by atoms with Gasteiger partial charge in [0.05, 0.1) is 30.2 Å². The Morgan fingerprint density at radius 3 is 2.44 bits per heavy atom. The molecule has 1 N–H and O–H groups in total. The predicted octanol–water partition coefficient (Wildman–Crippen LogP) is 4.30. The van der Waals surface area contributed by atoms with Crippen LogP contribution < -0.4 is 4.74 Å². The van der Waals surface area contributed by atoms with E-state index in [0.29, 0.717) is 35.0 Å². The van der Waals surface area contributed by atoms with Crippen molar-refractivity contribution in [2.75, 3.05) is 6.61 Å². The molecule has 2 heterocycles. The highest BCUT2D eigenvalue weighted by atomic mass is 19.4. The van der Waals surface area contributed by atoms with Gasteiger partial charge in [0.1, 0.15) is 11.4 Å². The minimum Gasteiger partial charge on any atom is -0.494 e. The zero-order chi connectivity index (χ0) is 18.0. The van der Waals surface area contributed by atoms with Crippen molar-refractivity contribution in [3.63, 3.8) is 0 Å². The average molecular weight is 350 g/mol. The third-order valence-electron chi connectivity index (χ3n) is 3.80. The number of rotatable bonds is 5. The quantitative estimate of drug-likeness (QED) is 0.746. The number of nitrogens with zero attached hydrogens (tertiary/aromatic N) is 2. The summed E-state index contributed by atoms with van der Waals surface area (Å²) in [6.07, 6.45) is -2.61. The minimum absolute atomic E-state index is 0.309. The van der Waals surface area contributed by atoms with Gasteiger partial charge in [0.15, 0.2) is 0 Å². The average Bonchev–Trinajstić information content (AvgIpc) is 2.97. The summed E-state index contributed by atoms with van der Waals surface area (Å²) in [7, 11) is 0. The zero-order valence-electron chi connectivity index (χ0n) is 13.5. The SMILES string of the molecule is CCCOc1ccc(-c2nc3ccc(C(F)(F)F)cn3c2CO)cc1. The number of hydrogen-bond donors (Lipinski definition) is 1. The highest BCUT2D eigenvalue weighted by Crippen LogP contribution is 2.32. The van der Waals surface area contributed by atoms with E-state index in [1.165, 1.54) is 10.5 Å². The van der Waals surface area contributed by atoms with Crippen LogP contribution >= 0.6 is 0 Å². The highest BCUT2D eigenvalue weighted by Gasteiger charge is 2.31. The smallest absolute Gasteiger partial charge is 0.417 e. The maximum atomic E-state index is 12.9. The Morgan fingerprint density at radius 1 is 1.12 bits per heavy atom. The number of imidazole rings is 1. The number of aliphatic hydroxyl groups is 1. The van der Waals surface area contributed by atoms with Crippen LogP contribution in [-0.2, 0) is 12.8 Å². The van der Waals surface area contributed by atoms with E-state index in [-0.39, 0.29) is 0 Å². The molecule has 0 aliphatic heterocycles. The van der Waals surface area contributed by atoms with Crippen molar-refractivity contribution >= 4 is 5.65 Å². The maximum absolute atomic E-state index is 12.9. The molecule has 0 amide bonds. The van der Waals surface area contributed by atoms with E-state index in [9.17, 15) is 18.3 Å². The Morgan fingerprint density at radius 2 is 1.84 bits per heavy atom. The molecule has 0 unspecified atom stereocenters. The van der Waals surface area contributed by atoms with E-state index in [4.69, 9.17) is 4.74 Å². The summed E-state index contributed by atoms with van der Waals surface area (Å²) >= 11 is 0. The Hall–Kier alpha value is -2.54. The molecule has 0 spiro atoms. The number of ether oxygens (including phenoxy) is 1. The molecule has 3 aromatic rings. The van der Waals surface area contributed by atoms with Crippen LogP contribution in [0.5, 0.6) is 5.75 Å². The van der Waals surface area contributed by atoms with Gasteiger partial charge in [-0.2, -0.15) is 13.2 Å². The van der Waals surface area contributed by atoms with E-state index in [1.54, 1.807) is 24.3 Å². The molecule has 3 rings (SSSR count). The van der Waals surface area contributed by atoms with E-state index in [1.807, 2.05) is 6.92 Å². The third-order valence-corrected chi connectivity index (χ3v) is 3.80. The second-order valence-electron chi connectivity index (χ2n) is 5.58. The highest BCUT2D eigenvalue weighted by molar-refractivity contribution is 5.67. The van der Waals surface area contributed by atoms with Crippen molar-refractivity contribution in [2.24, 2.45) is 0 Å². The van der Waals surface area contributed by atoms with Gasteiger partial charge in [0, 0.05) is 11.8 Å². The van der Waals surface area contributed by atoms with Gasteiger partial charge in [0.2, 0.25) is 0 Å². The Balaban J connectivity index is 2.04. The summed E-state index contributed by atoms with van der Waals surface area (Å²) in [5.74, 6) is 0.708. The van der Waals surface area contributed by atoms with Crippen molar-refractivity contribution in [2.45, 2.75) is 26.1 Å². The summed E-state index contributed by atoms with van der Waals surface area (Å²) in [5, 5.41) is 9.66. The Bertz CT molecular complexity index is 870. The van der Waals surface area contributed by atoms with Gasteiger partial charge in [0.25, 0.3) is 0 Å². The fourth-order valence-corrected chi connectivity index (χ4v) is 2.57. The van der Waals surface area contributed by atoms with Crippen LogP contribution in [0.15, 0.2) is 42.6 Å². The number of hydrogen-bond acceptors (Lipinski definition) is 3. The first kappa shape index (κ1) is 17.3. The van der Waals surface area contributed by atoms with Gasteiger partial charge in [-0.15, -0.1) is 0 Å². The van der Waals surface area contributed by atoms with Crippen molar-refractivity contribution in [1.82, 2.24) is 9.38 Å². The zero-order valence-corrected chi connectivity index (χ0v) is 13.5. The topological polar surface area (TPSA) is 46.8 Å². The van der Waals surface area contributed by atoms with Crippen molar-refractivity contribution in [1.29, 1.82) is 0 Å². The lowest BCUT2D eigenvalue weighted by molar-refractivity contribution is -0.137. The number of aromatic nitrogens is 2. The van der Waals surface area contributed by atoms with Gasteiger partial charge in [-0.3, -0.25) is 0 Å². The third kappa shape index (κ3) is 3.46. The monoisotopic (exact) mass is 350 g/mol. The van der Waals surface area contributed by atoms with Gasteiger partial charge < -0.3 is 14.2 Å². The van der Waals surface area contributed by atoms with Gasteiger partial charge in [-0.25, -0.2) is 4.98 Å². The molecule has 0 saturated heterocycles. The van der Waals surface area contributed by atoms with Gasteiger partial charge in [-0.05, 0) is 42.8 Å². The second kappa shape index (κ2) is 6.76. The van der Waals surface area contributed by atoms with Gasteiger partial charge >= 0.3 is 6.18 Å². The van der Waals surface area contributed by atoms with E-state index >= 15 is 0 Å². The Kier molecular flexibility index (Phi) is 4.67. The molecule has 0 radical (unpaired) electrons. The van der Waals surface area contributed by atoms with Crippen LogP contribution in [0.25, 0.3) is 16.9 Å². The fraction of sp³-hybridized carbons (Fsp3) is 0.278. The van der Waals surface area contributed by atoms with Crippen LogP contribution in [0.2, 0.25) is 0 Å². The molecule has 0 fully saturated rings. The van der Waals surface area contributed by atoms with Crippen molar-refractivity contribution in [3.8, 4) is 17.0 Å². The summed E-state index contributed by atoms with van der Waals surface area (Å²) in [6.45, 7) is 2.19. The molecule has 132 valence electrons. The molecular formula is C18H17F3N2O2. The standard InChI is InChI=1S/C18H17F3N2O2/c1-2-9-25-14-6-3-12(4-7-14)17-15(11-24)23-10-13(18(19,20)21)5-8-16(23)22-17/h3-8,10,24H,2,9,11H2,1H3. The van der Waals surface area contributed by atoms with Crippen LogP contribution in [-0.4, -0.2) is 21.1 Å². The first-order valence-corrected chi connectivity index (χ1v) is 7.86. The number of aliphatic hydroxyl groups excluding tert-OH is 1. The number of alkyl halides is 3. The number of halogens is 3. The number of benzene rings is 1. The molecule has 0 aliphatic rings. The predicted molar refractivity (Wildman–Crippen MR) is 87.3 cm³/mol. The molecule has 0 atom stereocenters. The lowest BCUT2D eigenvalue weighted by atomic mass is 10.1. The van der Waals surface area contributed by atoms with Crippen LogP contribution in [0, 0.1) is 0 Å². The molecular weight excluding hydrogens is 333 g/mol. The van der Waals surface area contributed by atoms with E-state index in [0.717, 1.165) is 18.7 Å². The molecule has 2 aromatic heterocycles. The maximum Gasteiger partial charge on any atom is 0.417 e. The van der Waals surface area contributed by atoms with Crippen molar-refractivity contribution in [3.05, 3.63) is 53.9 Å². The molecule has 0 aliphatic carbocycles. The number of pyridine rings is 1. The molecule has 0 saturated carbocycles. The van der Waals surface area contributed by atoms with E-state index in [2.05, 4.69) is 4.98 Å². The largest absolute Gasteiger partial charge is 0.494 e. The van der Waals surface area contributed by atoms with E-state index < -0.39 is 18.3 Å². The molecule has 25 heavy (non-hydrogen) atoms. The summed E-state index contributed by atoms with van der Waals surface area (Å²) in [5.41, 5.74) is 1.01. The molecule has 0 bridgehead atoms. The molecule has 1 aromatic carbocycles. The lowest BCUT2D eigenvalue weighted by Crippen LogP contribution is -2.07. The lowest BCUT2D eigenvalue weighted by Gasteiger charge is -2.08. The summed E-state index contributed by atoms with van der Waals surface area (Å²) < 4.78 is 45.5. The van der Waals surface area contributed by atoms with Gasteiger partial charge in [-0.1, -0.05) is 6.92 Å². The van der Waals surface area contributed by atoms with Crippen LogP contribution in [0.1, 0.15) is 24.6 Å². The summed E-state index contributed by atoms with van der Waals surface area (Å²) in [4.78, 5) is 4.36.